The zero-order valence-electron chi connectivity index (χ0n) is 18.6. The molecule has 0 aliphatic carbocycles. The number of nitrogens with one attached hydrogen (secondary N) is 1. The quantitative estimate of drug-likeness (QED) is 0.459. The highest BCUT2D eigenvalue weighted by molar-refractivity contribution is 6.33. The Morgan fingerprint density at radius 1 is 1.21 bits per heavy atom. The number of nitrogens with zero attached hydrogens (tertiary/aromatic N) is 6. The Bertz CT molecular complexity index is 1410. The average Bonchev–Trinajstić information content (AvgIpc) is 3.23. The van der Waals surface area contributed by atoms with Crippen LogP contribution in [0.2, 0.25) is 5.02 Å². The largest absolute Gasteiger partial charge is 0.347 e. The van der Waals surface area contributed by atoms with Gasteiger partial charge in [-0.3, -0.25) is 14.2 Å². The lowest BCUT2D eigenvalue weighted by Crippen LogP contribution is -2.29. The highest BCUT2D eigenvalue weighted by atomic mass is 35.5. The molecule has 0 aliphatic rings. The minimum atomic E-state index is -0.232. The molecular formula is C22H22ClN7O3. The number of pyridine rings is 1. The fourth-order valence-electron chi connectivity index (χ4n) is 3.33. The number of carbonyl (C=O) groups is 1. The van der Waals surface area contributed by atoms with Gasteiger partial charge in [0.1, 0.15) is 5.65 Å². The molecule has 0 saturated heterocycles. The maximum atomic E-state index is 13.3. The van der Waals surface area contributed by atoms with Gasteiger partial charge < -0.3 is 14.7 Å². The molecule has 0 spiro atoms. The third-order valence-corrected chi connectivity index (χ3v) is 5.40. The van der Waals surface area contributed by atoms with Crippen molar-refractivity contribution in [2.45, 2.75) is 20.4 Å². The van der Waals surface area contributed by atoms with Gasteiger partial charge >= 0.3 is 0 Å². The molecule has 4 aromatic rings. The number of hydrogen-bond acceptors (Lipinski definition) is 8. The van der Waals surface area contributed by atoms with Crippen LogP contribution in [-0.4, -0.2) is 56.1 Å². The van der Waals surface area contributed by atoms with Crippen molar-refractivity contribution in [3.05, 3.63) is 51.7 Å². The molecule has 0 saturated carbocycles. The number of fused-ring (bicyclic) bond motifs is 1. The zero-order valence-corrected chi connectivity index (χ0v) is 19.3. The molecule has 4 rings (SSSR count). The summed E-state index contributed by atoms with van der Waals surface area (Å²) in [7, 11) is 3.34. The molecular weight excluding hydrogens is 446 g/mol. The van der Waals surface area contributed by atoms with Gasteiger partial charge in [0.2, 0.25) is 23.6 Å². The Morgan fingerprint density at radius 2 is 2.00 bits per heavy atom. The molecule has 3 heterocycles. The Labute approximate surface area is 194 Å². The molecule has 0 fully saturated rings. The Kier molecular flexibility index (Phi) is 6.10. The van der Waals surface area contributed by atoms with E-state index in [9.17, 15) is 9.59 Å². The summed E-state index contributed by atoms with van der Waals surface area (Å²) < 4.78 is 6.58. The summed E-state index contributed by atoms with van der Waals surface area (Å²) in [4.78, 5) is 39.6. The topological polar surface area (TPSA) is 119 Å². The van der Waals surface area contributed by atoms with Crippen molar-refractivity contribution in [1.29, 1.82) is 0 Å². The van der Waals surface area contributed by atoms with Gasteiger partial charge in [-0.1, -0.05) is 28.9 Å². The van der Waals surface area contributed by atoms with Crippen molar-refractivity contribution in [3.8, 4) is 22.5 Å². The van der Waals surface area contributed by atoms with Crippen molar-refractivity contribution in [1.82, 2.24) is 29.6 Å². The predicted molar refractivity (Wildman–Crippen MR) is 125 cm³/mol. The van der Waals surface area contributed by atoms with Crippen LogP contribution in [0.3, 0.4) is 0 Å². The van der Waals surface area contributed by atoms with Crippen LogP contribution < -0.4 is 10.9 Å². The van der Waals surface area contributed by atoms with Crippen molar-refractivity contribution in [2.75, 3.05) is 26.0 Å². The van der Waals surface area contributed by atoms with Crippen molar-refractivity contribution >= 4 is 34.5 Å². The number of benzene rings is 1. The fraction of sp³-hybridized carbons (Fsp3) is 0.273. The molecule has 0 bridgehead atoms. The van der Waals surface area contributed by atoms with E-state index >= 15 is 0 Å². The number of carbonyl (C=O) groups excluding carboxylic acids is 1. The van der Waals surface area contributed by atoms with Gasteiger partial charge in [0, 0.05) is 60.9 Å². The third kappa shape index (κ3) is 4.42. The number of halogens is 1. The molecule has 11 heteroatoms. The van der Waals surface area contributed by atoms with Crippen LogP contribution in [0.1, 0.15) is 12.8 Å². The lowest BCUT2D eigenvalue weighted by Gasteiger charge is -2.14. The Hall–Kier alpha value is -3.79. The SMILES string of the molecule is CCn1c(=O)c(-c2ccc(-c3noc(C)n3)cc2Cl)cc2cnc(NCC(=O)N(C)C)nc21. The van der Waals surface area contributed by atoms with E-state index in [1.807, 2.05) is 6.92 Å². The summed E-state index contributed by atoms with van der Waals surface area (Å²) in [6.07, 6.45) is 1.62. The van der Waals surface area contributed by atoms with Gasteiger partial charge in [-0.15, -0.1) is 0 Å². The smallest absolute Gasteiger partial charge is 0.260 e. The summed E-state index contributed by atoms with van der Waals surface area (Å²) in [6.45, 7) is 4.01. The summed E-state index contributed by atoms with van der Waals surface area (Å²) in [5.41, 5.74) is 1.93. The number of hydrogen-bond donors (Lipinski definition) is 1. The minimum absolute atomic E-state index is 0.0504. The molecule has 1 amide bonds. The first-order chi connectivity index (χ1) is 15.8. The molecule has 3 aromatic heterocycles. The summed E-state index contributed by atoms with van der Waals surface area (Å²) >= 11 is 6.55. The zero-order chi connectivity index (χ0) is 23.7. The predicted octanol–water partition coefficient (Wildman–Crippen LogP) is 2.99. The van der Waals surface area contributed by atoms with Gasteiger partial charge in [0.05, 0.1) is 6.54 Å². The van der Waals surface area contributed by atoms with Gasteiger partial charge in [-0.05, 0) is 19.1 Å². The fourth-order valence-corrected chi connectivity index (χ4v) is 3.61. The maximum absolute atomic E-state index is 13.3. The average molecular weight is 468 g/mol. The van der Waals surface area contributed by atoms with Crippen molar-refractivity contribution < 1.29 is 9.32 Å². The molecule has 170 valence electrons. The highest BCUT2D eigenvalue weighted by Gasteiger charge is 2.16. The second-order valence-electron chi connectivity index (χ2n) is 7.55. The van der Waals surface area contributed by atoms with Gasteiger partial charge in [-0.2, -0.15) is 9.97 Å². The standard InChI is InChI=1S/C22H22ClN7O3/c1-5-30-20-14(10-24-22(27-20)25-11-18(31)29(3)4)8-16(21(30)32)15-7-6-13(9-17(15)23)19-26-12(2)33-28-19/h6-10H,5,11H2,1-4H3,(H,24,25,27). The molecule has 1 N–H and O–H groups in total. The van der Waals surface area contributed by atoms with Gasteiger partial charge in [0.25, 0.3) is 5.56 Å². The van der Waals surface area contributed by atoms with Crippen LogP contribution in [0.25, 0.3) is 33.5 Å². The van der Waals surface area contributed by atoms with Gasteiger partial charge in [0.15, 0.2) is 0 Å². The number of aryl methyl sites for hydroxylation is 2. The van der Waals surface area contributed by atoms with Crippen LogP contribution >= 0.6 is 11.6 Å². The number of amides is 1. The van der Waals surface area contributed by atoms with Gasteiger partial charge in [-0.25, -0.2) is 4.98 Å². The van der Waals surface area contributed by atoms with Crippen LogP contribution in [0.5, 0.6) is 0 Å². The Balaban J connectivity index is 1.75. The molecule has 1 aromatic carbocycles. The van der Waals surface area contributed by atoms with Crippen LogP contribution in [0.4, 0.5) is 5.95 Å². The molecule has 10 nitrogen and oxygen atoms in total. The molecule has 0 atom stereocenters. The maximum Gasteiger partial charge on any atom is 0.260 e. The number of aromatic nitrogens is 5. The first-order valence-electron chi connectivity index (χ1n) is 10.2. The normalized spacial score (nSPS) is 11.1. The first-order valence-corrected chi connectivity index (χ1v) is 10.6. The second-order valence-corrected chi connectivity index (χ2v) is 7.96. The van der Waals surface area contributed by atoms with E-state index in [-0.39, 0.29) is 24.0 Å². The van der Waals surface area contributed by atoms with E-state index in [4.69, 9.17) is 16.1 Å². The third-order valence-electron chi connectivity index (χ3n) is 5.08. The van der Waals surface area contributed by atoms with E-state index in [1.165, 1.54) is 4.90 Å². The first kappa shape index (κ1) is 22.4. The Morgan fingerprint density at radius 3 is 2.64 bits per heavy atom. The monoisotopic (exact) mass is 467 g/mol. The molecule has 33 heavy (non-hydrogen) atoms. The molecule has 0 radical (unpaired) electrons. The number of rotatable bonds is 6. The molecule has 0 unspecified atom stereocenters. The van der Waals surface area contributed by atoms with Crippen molar-refractivity contribution in [3.63, 3.8) is 0 Å². The lowest BCUT2D eigenvalue weighted by molar-refractivity contribution is -0.126. The minimum Gasteiger partial charge on any atom is -0.347 e. The van der Waals surface area contributed by atoms with Crippen molar-refractivity contribution in [2.24, 2.45) is 0 Å². The number of anilines is 1. The van der Waals surface area contributed by atoms with Crippen LogP contribution in [-0.2, 0) is 11.3 Å². The van der Waals surface area contributed by atoms with E-state index in [1.54, 1.807) is 56.0 Å². The van der Waals surface area contributed by atoms with E-state index < -0.39 is 0 Å². The number of likely N-dealkylation sites (N-methyl/N-ethyl adjacent to an activating group) is 1. The summed E-state index contributed by atoms with van der Waals surface area (Å²) in [5, 5.41) is 7.86. The van der Waals surface area contributed by atoms with E-state index in [0.29, 0.717) is 51.0 Å². The second kappa shape index (κ2) is 8.99. The summed E-state index contributed by atoms with van der Waals surface area (Å²) in [6, 6.07) is 6.97. The van der Waals surface area contributed by atoms with Crippen LogP contribution in [0, 0.1) is 6.92 Å². The van der Waals surface area contributed by atoms with Crippen LogP contribution in [0.15, 0.2) is 39.8 Å². The summed E-state index contributed by atoms with van der Waals surface area (Å²) in [5.74, 6) is 1.03. The molecule has 0 aliphatic heterocycles. The lowest BCUT2D eigenvalue weighted by atomic mass is 10.0. The van der Waals surface area contributed by atoms with E-state index in [0.717, 1.165) is 0 Å². The van der Waals surface area contributed by atoms with E-state index in [2.05, 4.69) is 25.4 Å². The highest BCUT2D eigenvalue weighted by Crippen LogP contribution is 2.31.